The maximum Gasteiger partial charge on any atom is 0.302 e. The fourth-order valence-electron chi connectivity index (χ4n) is 0.670. The summed E-state index contributed by atoms with van der Waals surface area (Å²) in [6, 6.07) is 0. The monoisotopic (exact) mass is 204 g/mol. The second-order valence-corrected chi connectivity index (χ2v) is 4.72. The number of hydrogen-bond acceptors (Lipinski definition) is 2. The Morgan fingerprint density at radius 3 is 2.46 bits per heavy atom. The second-order valence-electron chi connectivity index (χ2n) is 3.70. The lowest BCUT2D eigenvalue weighted by Crippen LogP contribution is -2.69. The summed E-state index contributed by atoms with van der Waals surface area (Å²) in [5, 5.41) is 3.40. The molecule has 76 valence electrons. The molecule has 0 spiro atoms. The first-order valence-electron chi connectivity index (χ1n) is 4.09. The molecule has 0 atom stereocenters. The number of amidine groups is 1. The van der Waals surface area contributed by atoms with Gasteiger partial charge in [-0.3, -0.25) is 15.5 Å². The molecule has 0 fully saturated rings. The number of thioether (sulfide) groups is 1. The summed E-state index contributed by atoms with van der Waals surface area (Å²) in [6.07, 6.45) is 0. The van der Waals surface area contributed by atoms with Gasteiger partial charge in [0.25, 0.3) is 0 Å². The molecule has 0 saturated carbocycles. The quantitative estimate of drug-likeness (QED) is 0.385. The standard InChI is InChI=1S/C8H17N3OS/c1-8(2,3)11-6(12)5-13-7(9)10-4/h5H2,1-4H3,(H2,9,10)(H,11,12)/p+1. The van der Waals surface area contributed by atoms with Gasteiger partial charge in [0.2, 0.25) is 5.91 Å². The van der Waals surface area contributed by atoms with Crippen LogP contribution in [0, 0.1) is 0 Å². The van der Waals surface area contributed by atoms with Crippen molar-refractivity contribution in [2.45, 2.75) is 26.3 Å². The molecule has 0 heterocycles. The third kappa shape index (κ3) is 7.64. The Bertz CT molecular complexity index is 208. The van der Waals surface area contributed by atoms with Gasteiger partial charge in [0, 0.05) is 5.54 Å². The third-order valence-electron chi connectivity index (χ3n) is 1.12. The average Bonchev–Trinajstić information content (AvgIpc) is 1.97. The molecular formula is C8H18N3OS+. The molecule has 5 heteroatoms. The maximum absolute atomic E-state index is 11.3. The van der Waals surface area contributed by atoms with Crippen LogP contribution in [0.4, 0.5) is 0 Å². The third-order valence-corrected chi connectivity index (χ3v) is 2.04. The number of rotatable bonds is 2. The zero-order valence-corrected chi connectivity index (χ0v) is 9.42. The molecule has 0 aromatic carbocycles. The van der Waals surface area contributed by atoms with E-state index >= 15 is 0 Å². The van der Waals surface area contributed by atoms with Crippen LogP contribution in [0.1, 0.15) is 20.8 Å². The van der Waals surface area contributed by atoms with Gasteiger partial charge in [-0.1, -0.05) is 0 Å². The molecule has 0 aromatic rings. The van der Waals surface area contributed by atoms with Crippen LogP contribution in [0.25, 0.3) is 0 Å². The van der Waals surface area contributed by atoms with Crippen LogP contribution in [0.15, 0.2) is 0 Å². The highest BCUT2D eigenvalue weighted by Gasteiger charge is 2.14. The Balaban J connectivity index is 3.77. The van der Waals surface area contributed by atoms with E-state index in [9.17, 15) is 4.79 Å². The van der Waals surface area contributed by atoms with Crippen LogP contribution in [0.5, 0.6) is 0 Å². The van der Waals surface area contributed by atoms with Gasteiger partial charge in [0.05, 0.1) is 12.8 Å². The van der Waals surface area contributed by atoms with Gasteiger partial charge in [0.1, 0.15) is 0 Å². The minimum atomic E-state index is -0.175. The molecular weight excluding hydrogens is 186 g/mol. The Kier molecular flexibility index (Phi) is 4.83. The van der Waals surface area contributed by atoms with E-state index < -0.39 is 0 Å². The smallest absolute Gasteiger partial charge is 0.302 e. The van der Waals surface area contributed by atoms with Crippen molar-refractivity contribution in [1.29, 1.82) is 0 Å². The number of hydrogen-bond donors (Lipinski definition) is 3. The summed E-state index contributed by atoms with van der Waals surface area (Å²) in [7, 11) is 1.73. The molecule has 1 amide bonds. The molecule has 0 aromatic heterocycles. The average molecular weight is 204 g/mol. The van der Waals surface area contributed by atoms with Gasteiger partial charge in [0.15, 0.2) is 0 Å². The van der Waals surface area contributed by atoms with Gasteiger partial charge >= 0.3 is 5.17 Å². The summed E-state index contributed by atoms with van der Waals surface area (Å²) < 4.78 is 0. The topological polar surface area (TPSA) is 69.1 Å². The summed E-state index contributed by atoms with van der Waals surface area (Å²) in [4.78, 5) is 14.0. The van der Waals surface area contributed by atoms with Crippen molar-refractivity contribution in [2.75, 3.05) is 12.8 Å². The second kappa shape index (κ2) is 5.11. The van der Waals surface area contributed by atoms with Crippen LogP contribution in [0.2, 0.25) is 0 Å². The van der Waals surface area contributed by atoms with Crippen LogP contribution in [-0.4, -0.2) is 29.4 Å². The predicted octanol–water partition coefficient (Wildman–Crippen LogP) is -1.34. The molecule has 4 N–H and O–H groups in total. The van der Waals surface area contributed by atoms with Crippen molar-refractivity contribution in [1.82, 2.24) is 5.32 Å². The fraction of sp³-hybridized carbons (Fsp3) is 0.750. The van der Waals surface area contributed by atoms with Crippen LogP contribution in [0.3, 0.4) is 0 Å². The largest absolute Gasteiger partial charge is 0.351 e. The SMILES string of the molecule is C[NH+]=C(N)SCC(=O)NC(C)(C)C. The molecule has 4 nitrogen and oxygen atoms in total. The Morgan fingerprint density at radius 1 is 1.54 bits per heavy atom. The molecule has 0 saturated heterocycles. The highest BCUT2D eigenvalue weighted by molar-refractivity contribution is 8.14. The van der Waals surface area contributed by atoms with Crippen LogP contribution >= 0.6 is 11.8 Å². The number of amides is 1. The van der Waals surface area contributed by atoms with Crippen molar-refractivity contribution >= 4 is 22.8 Å². The minimum Gasteiger partial charge on any atom is -0.351 e. The Labute approximate surface area is 83.4 Å². The van der Waals surface area contributed by atoms with Gasteiger partial charge < -0.3 is 5.32 Å². The molecule has 0 rings (SSSR count). The fourth-order valence-corrected chi connectivity index (χ4v) is 1.17. The normalized spacial score (nSPS) is 12.8. The van der Waals surface area contributed by atoms with E-state index in [1.54, 1.807) is 7.05 Å². The summed E-state index contributed by atoms with van der Waals surface area (Å²) >= 11 is 1.30. The van der Waals surface area contributed by atoms with E-state index in [4.69, 9.17) is 5.73 Å². The Hall–Kier alpha value is -0.710. The lowest BCUT2D eigenvalue weighted by molar-refractivity contribution is -0.417. The molecule has 0 aliphatic rings. The Morgan fingerprint density at radius 2 is 2.08 bits per heavy atom. The van der Waals surface area contributed by atoms with E-state index in [-0.39, 0.29) is 11.4 Å². The van der Waals surface area contributed by atoms with Gasteiger partial charge in [-0.25, -0.2) is 0 Å². The predicted molar refractivity (Wildman–Crippen MR) is 56.4 cm³/mol. The first-order chi connectivity index (χ1) is 5.85. The van der Waals surface area contributed by atoms with Crippen molar-refractivity contribution in [3.8, 4) is 0 Å². The van der Waals surface area contributed by atoms with Gasteiger partial charge in [-0.2, -0.15) is 0 Å². The summed E-state index contributed by atoms with van der Waals surface area (Å²) in [5.74, 6) is 0.347. The van der Waals surface area contributed by atoms with Crippen molar-refractivity contribution in [2.24, 2.45) is 5.73 Å². The first-order valence-corrected chi connectivity index (χ1v) is 5.07. The first kappa shape index (κ1) is 12.3. The number of nitrogens with one attached hydrogen (secondary N) is 2. The summed E-state index contributed by atoms with van der Waals surface area (Å²) in [5.41, 5.74) is 5.30. The van der Waals surface area contributed by atoms with Gasteiger partial charge in [-0.15, -0.1) is 0 Å². The molecule has 0 unspecified atom stereocenters. The minimum absolute atomic E-state index is 0.00398. The van der Waals surface area contributed by atoms with Crippen LogP contribution in [-0.2, 0) is 4.79 Å². The van der Waals surface area contributed by atoms with Crippen molar-refractivity contribution < 1.29 is 9.79 Å². The maximum atomic E-state index is 11.3. The lowest BCUT2D eigenvalue weighted by Gasteiger charge is -2.19. The van der Waals surface area contributed by atoms with E-state index in [0.717, 1.165) is 0 Å². The van der Waals surface area contributed by atoms with E-state index in [2.05, 4.69) is 10.3 Å². The number of carbonyl (C=O) groups is 1. The molecule has 0 aliphatic heterocycles. The zero-order chi connectivity index (χ0) is 10.5. The highest BCUT2D eigenvalue weighted by Crippen LogP contribution is 2.01. The molecule has 0 bridgehead atoms. The van der Waals surface area contributed by atoms with E-state index in [1.807, 2.05) is 20.8 Å². The number of carbonyl (C=O) groups excluding carboxylic acids is 1. The van der Waals surface area contributed by atoms with Gasteiger partial charge in [-0.05, 0) is 32.5 Å². The van der Waals surface area contributed by atoms with E-state index in [0.29, 0.717) is 10.9 Å². The molecule has 0 aliphatic carbocycles. The highest BCUT2D eigenvalue weighted by atomic mass is 32.2. The van der Waals surface area contributed by atoms with Crippen LogP contribution < -0.4 is 16.0 Å². The molecule has 0 radical (unpaired) electrons. The van der Waals surface area contributed by atoms with E-state index in [1.165, 1.54) is 11.8 Å². The summed E-state index contributed by atoms with van der Waals surface area (Å²) in [6.45, 7) is 5.84. The zero-order valence-electron chi connectivity index (χ0n) is 8.60. The van der Waals surface area contributed by atoms with Crippen molar-refractivity contribution in [3.63, 3.8) is 0 Å². The molecule has 13 heavy (non-hydrogen) atoms. The number of nitrogens with two attached hydrogens (primary N) is 1. The van der Waals surface area contributed by atoms with Crippen molar-refractivity contribution in [3.05, 3.63) is 0 Å². The lowest BCUT2D eigenvalue weighted by atomic mass is 10.1.